The number of hydrogen-bond acceptors (Lipinski definition) is 4. The summed E-state index contributed by atoms with van der Waals surface area (Å²) in [7, 11) is 0. The van der Waals surface area contributed by atoms with Crippen LogP contribution in [0.15, 0.2) is 36.4 Å². The Bertz CT molecular complexity index is 1120. The maximum atomic E-state index is 15.3. The number of carbonyl (C=O) groups is 2. The molecule has 2 aliphatic rings. The number of alkyl carbamates (subject to hydrolysis) is 1. The standard InChI is InChI=1S/C26H29ClF2N2O4/c1-25(2,3)35-24(33)30-14-21(32)31-12-4-11-26(13-16-5-7-17(27)8-6-16)20(31)15-34-23-19(29)10-9-18(28)22(23)26/h5-10,20H,4,11-15H2,1-3H3,(H,30,33)/t20-,26+/m1/s1. The second-order valence-corrected chi connectivity index (χ2v) is 10.5. The number of ether oxygens (including phenoxy) is 2. The molecule has 0 bridgehead atoms. The van der Waals surface area contributed by atoms with Crippen LogP contribution in [-0.4, -0.2) is 48.2 Å². The molecule has 0 radical (unpaired) electrons. The minimum Gasteiger partial charge on any atom is -0.488 e. The van der Waals surface area contributed by atoms with Crippen molar-refractivity contribution in [2.45, 2.75) is 57.1 Å². The molecule has 1 saturated heterocycles. The zero-order chi connectivity index (χ0) is 25.4. The largest absolute Gasteiger partial charge is 0.488 e. The highest BCUT2D eigenvalue weighted by atomic mass is 35.5. The first kappa shape index (κ1) is 25.2. The van der Waals surface area contributed by atoms with E-state index in [1.807, 2.05) is 12.1 Å². The molecule has 1 fully saturated rings. The molecule has 0 spiro atoms. The van der Waals surface area contributed by atoms with Crippen molar-refractivity contribution in [3.05, 3.63) is 64.2 Å². The van der Waals surface area contributed by atoms with Crippen LogP contribution >= 0.6 is 11.6 Å². The summed E-state index contributed by atoms with van der Waals surface area (Å²) >= 11 is 6.06. The van der Waals surface area contributed by atoms with Crippen LogP contribution in [0.5, 0.6) is 5.75 Å². The van der Waals surface area contributed by atoms with E-state index in [-0.39, 0.29) is 30.4 Å². The van der Waals surface area contributed by atoms with Gasteiger partial charge in [-0.3, -0.25) is 4.79 Å². The van der Waals surface area contributed by atoms with E-state index < -0.39 is 34.8 Å². The Kier molecular flexibility index (Phi) is 6.95. The minimum absolute atomic E-state index is 0.0130. The van der Waals surface area contributed by atoms with Gasteiger partial charge in [0.05, 0.1) is 6.04 Å². The van der Waals surface area contributed by atoms with Gasteiger partial charge in [0, 0.05) is 22.5 Å². The molecule has 2 heterocycles. The van der Waals surface area contributed by atoms with Crippen LogP contribution in [0.1, 0.15) is 44.7 Å². The maximum Gasteiger partial charge on any atom is 0.408 e. The fraction of sp³-hybridized carbons (Fsp3) is 0.462. The van der Waals surface area contributed by atoms with Gasteiger partial charge >= 0.3 is 6.09 Å². The number of benzene rings is 2. The van der Waals surface area contributed by atoms with Gasteiger partial charge in [0.2, 0.25) is 5.91 Å². The van der Waals surface area contributed by atoms with Gasteiger partial charge in [0.25, 0.3) is 0 Å². The Morgan fingerprint density at radius 1 is 1.17 bits per heavy atom. The quantitative estimate of drug-likeness (QED) is 0.633. The van der Waals surface area contributed by atoms with Crippen molar-refractivity contribution in [2.75, 3.05) is 19.7 Å². The third-order valence-electron chi connectivity index (χ3n) is 6.51. The number of carbonyl (C=O) groups excluding carboxylic acids is 2. The topological polar surface area (TPSA) is 67.9 Å². The van der Waals surface area contributed by atoms with Gasteiger partial charge in [-0.2, -0.15) is 0 Å². The Balaban J connectivity index is 1.67. The Hall–Kier alpha value is -2.87. The lowest BCUT2D eigenvalue weighted by molar-refractivity contribution is -0.138. The highest BCUT2D eigenvalue weighted by Gasteiger charge is 2.53. The second kappa shape index (κ2) is 9.64. The Labute approximate surface area is 208 Å². The van der Waals surface area contributed by atoms with E-state index >= 15 is 4.39 Å². The summed E-state index contributed by atoms with van der Waals surface area (Å²) in [5, 5.41) is 3.07. The van der Waals surface area contributed by atoms with Crippen LogP contribution in [0.25, 0.3) is 0 Å². The van der Waals surface area contributed by atoms with Gasteiger partial charge in [0.15, 0.2) is 11.6 Å². The Morgan fingerprint density at radius 3 is 2.54 bits per heavy atom. The van der Waals surface area contributed by atoms with Gasteiger partial charge in [-0.15, -0.1) is 0 Å². The first-order chi connectivity index (χ1) is 16.5. The van der Waals surface area contributed by atoms with Crippen molar-refractivity contribution in [1.29, 1.82) is 0 Å². The molecule has 2 atom stereocenters. The van der Waals surface area contributed by atoms with Gasteiger partial charge in [0.1, 0.15) is 24.6 Å². The number of likely N-dealkylation sites (tertiary alicyclic amines) is 1. The minimum atomic E-state index is -0.909. The molecule has 2 aliphatic heterocycles. The van der Waals surface area contributed by atoms with Crippen molar-refractivity contribution in [1.82, 2.24) is 10.2 Å². The maximum absolute atomic E-state index is 15.3. The molecular formula is C26H29ClF2N2O4. The number of fused-ring (bicyclic) bond motifs is 3. The first-order valence-corrected chi connectivity index (χ1v) is 12.0. The van der Waals surface area contributed by atoms with Crippen molar-refractivity contribution in [2.24, 2.45) is 0 Å². The SMILES string of the molecule is CC(C)(C)OC(=O)NCC(=O)N1CCC[C@@]2(Cc3ccc(Cl)cc3)c3c(F)ccc(F)c3OC[C@@H]12. The van der Waals surface area contributed by atoms with Crippen LogP contribution in [0.4, 0.5) is 13.6 Å². The highest BCUT2D eigenvalue weighted by molar-refractivity contribution is 6.30. The summed E-state index contributed by atoms with van der Waals surface area (Å²) in [5.41, 5.74) is -0.569. The van der Waals surface area contributed by atoms with Crippen molar-refractivity contribution in [3.63, 3.8) is 0 Å². The molecule has 0 aliphatic carbocycles. The van der Waals surface area contributed by atoms with Gasteiger partial charge in [-0.25, -0.2) is 13.6 Å². The molecule has 0 aromatic heterocycles. The molecule has 0 saturated carbocycles. The number of nitrogens with one attached hydrogen (secondary N) is 1. The number of amides is 2. The summed E-state index contributed by atoms with van der Waals surface area (Å²) in [6.07, 6.45) is 0.793. The molecule has 35 heavy (non-hydrogen) atoms. The average Bonchev–Trinajstić information content (AvgIpc) is 2.79. The van der Waals surface area contributed by atoms with Crippen molar-refractivity contribution >= 4 is 23.6 Å². The lowest BCUT2D eigenvalue weighted by Gasteiger charge is -2.53. The summed E-state index contributed by atoms with van der Waals surface area (Å²) in [6.45, 7) is 5.34. The number of rotatable bonds is 4. The fourth-order valence-corrected chi connectivity index (χ4v) is 5.28. The molecule has 1 N–H and O–H groups in total. The molecule has 9 heteroatoms. The number of piperidine rings is 1. The zero-order valence-corrected chi connectivity index (χ0v) is 20.8. The third kappa shape index (κ3) is 5.22. The summed E-state index contributed by atoms with van der Waals surface area (Å²) in [5.74, 6) is -1.65. The normalized spacial score (nSPS) is 21.4. The molecule has 2 amide bonds. The third-order valence-corrected chi connectivity index (χ3v) is 6.77. The molecule has 2 aromatic carbocycles. The van der Waals surface area contributed by atoms with E-state index in [9.17, 15) is 14.0 Å². The molecule has 2 aromatic rings. The predicted octanol–water partition coefficient (Wildman–Crippen LogP) is 5.01. The fourth-order valence-electron chi connectivity index (χ4n) is 5.15. The average molecular weight is 507 g/mol. The first-order valence-electron chi connectivity index (χ1n) is 11.6. The lowest BCUT2D eigenvalue weighted by Crippen LogP contribution is -2.63. The van der Waals surface area contributed by atoms with Gasteiger partial charge < -0.3 is 19.7 Å². The summed E-state index contributed by atoms with van der Waals surface area (Å²) < 4.78 is 41.0. The molecule has 6 nitrogen and oxygen atoms in total. The van der Waals surface area contributed by atoms with Crippen LogP contribution in [0, 0.1) is 11.6 Å². The van der Waals surface area contributed by atoms with E-state index in [4.69, 9.17) is 21.1 Å². The monoisotopic (exact) mass is 506 g/mol. The van der Waals surface area contributed by atoms with Crippen molar-refractivity contribution in [3.8, 4) is 5.75 Å². The number of hydrogen-bond donors (Lipinski definition) is 1. The van der Waals surface area contributed by atoms with Crippen LogP contribution < -0.4 is 10.1 Å². The molecule has 0 unspecified atom stereocenters. The lowest BCUT2D eigenvalue weighted by atomic mass is 9.63. The highest BCUT2D eigenvalue weighted by Crippen LogP contribution is 2.50. The second-order valence-electron chi connectivity index (χ2n) is 10.1. The summed E-state index contributed by atoms with van der Waals surface area (Å²) in [6, 6.07) is 8.82. The van der Waals surface area contributed by atoms with Crippen molar-refractivity contribution < 1.29 is 27.8 Å². The number of halogens is 3. The Morgan fingerprint density at radius 2 is 1.86 bits per heavy atom. The summed E-state index contributed by atoms with van der Waals surface area (Å²) in [4.78, 5) is 26.9. The van der Waals surface area contributed by atoms with Crippen LogP contribution in [0.2, 0.25) is 5.02 Å². The van der Waals surface area contributed by atoms with Crippen LogP contribution in [-0.2, 0) is 21.4 Å². The van der Waals surface area contributed by atoms with Crippen LogP contribution in [0.3, 0.4) is 0 Å². The van der Waals surface area contributed by atoms with Gasteiger partial charge in [-0.05, 0) is 69.9 Å². The van der Waals surface area contributed by atoms with E-state index in [2.05, 4.69) is 5.32 Å². The molecule has 188 valence electrons. The van der Waals surface area contributed by atoms with E-state index in [1.165, 1.54) is 0 Å². The van der Waals surface area contributed by atoms with E-state index in [0.29, 0.717) is 30.8 Å². The van der Waals surface area contributed by atoms with E-state index in [0.717, 1.165) is 17.7 Å². The number of nitrogens with zero attached hydrogens (tertiary/aromatic N) is 1. The predicted molar refractivity (Wildman–Crippen MR) is 128 cm³/mol. The smallest absolute Gasteiger partial charge is 0.408 e. The molecular weight excluding hydrogens is 478 g/mol. The zero-order valence-electron chi connectivity index (χ0n) is 20.0. The van der Waals surface area contributed by atoms with E-state index in [1.54, 1.807) is 37.8 Å². The van der Waals surface area contributed by atoms with Gasteiger partial charge in [-0.1, -0.05) is 23.7 Å². The molecule has 4 rings (SSSR count).